The fraction of sp³-hybridized carbons (Fsp3) is 0.158. The first-order chi connectivity index (χ1) is 12.5. The van der Waals surface area contributed by atoms with Crippen LogP contribution in [0.5, 0.6) is 5.75 Å². The molecule has 134 valence electrons. The van der Waals surface area contributed by atoms with Crippen LogP contribution in [0.1, 0.15) is 24.5 Å². The number of aliphatic imine (C=N–C) groups is 1. The SMILES string of the molecule is CCCOc1c(Br)cc(/C=C2\N=C(c3ccccc3F)OC2=O)cc1Br. The van der Waals surface area contributed by atoms with E-state index < -0.39 is 11.8 Å². The summed E-state index contributed by atoms with van der Waals surface area (Å²) in [7, 11) is 0. The summed E-state index contributed by atoms with van der Waals surface area (Å²) in [6.07, 6.45) is 2.47. The molecule has 0 unspecified atom stereocenters. The number of carbonyl (C=O) groups excluding carboxylic acids is 1. The molecule has 0 saturated heterocycles. The van der Waals surface area contributed by atoms with Gasteiger partial charge in [0.15, 0.2) is 5.70 Å². The van der Waals surface area contributed by atoms with E-state index in [1.807, 2.05) is 19.1 Å². The fourth-order valence-corrected chi connectivity index (χ4v) is 3.77. The highest BCUT2D eigenvalue weighted by Gasteiger charge is 2.26. The lowest BCUT2D eigenvalue weighted by Gasteiger charge is -2.10. The second kappa shape index (κ2) is 8.14. The van der Waals surface area contributed by atoms with Crippen molar-refractivity contribution in [1.82, 2.24) is 0 Å². The van der Waals surface area contributed by atoms with Crippen LogP contribution in [0.3, 0.4) is 0 Å². The third kappa shape index (κ3) is 4.04. The smallest absolute Gasteiger partial charge is 0.363 e. The van der Waals surface area contributed by atoms with Crippen molar-refractivity contribution >= 4 is 49.8 Å². The number of ether oxygens (including phenoxy) is 2. The number of esters is 1. The molecule has 4 nitrogen and oxygen atoms in total. The Labute approximate surface area is 167 Å². The topological polar surface area (TPSA) is 47.9 Å². The first-order valence-electron chi connectivity index (χ1n) is 7.89. The number of nitrogens with zero attached hydrogens (tertiary/aromatic N) is 1. The van der Waals surface area contributed by atoms with Crippen molar-refractivity contribution in [2.75, 3.05) is 6.61 Å². The zero-order valence-electron chi connectivity index (χ0n) is 13.8. The standard InChI is InChI=1S/C19H14Br2FNO3/c1-2-7-25-17-13(20)8-11(9-14(17)21)10-16-19(24)26-18(23-16)12-5-3-4-6-15(12)22/h3-6,8-10H,2,7H2,1H3/b16-10-. The van der Waals surface area contributed by atoms with Gasteiger partial charge in [-0.1, -0.05) is 19.1 Å². The van der Waals surface area contributed by atoms with Crippen molar-refractivity contribution in [2.24, 2.45) is 4.99 Å². The molecule has 1 heterocycles. The van der Waals surface area contributed by atoms with Crippen molar-refractivity contribution in [3.8, 4) is 5.75 Å². The Kier molecular flexibility index (Phi) is 5.88. The van der Waals surface area contributed by atoms with Crippen LogP contribution in [-0.4, -0.2) is 18.5 Å². The van der Waals surface area contributed by atoms with Gasteiger partial charge in [-0.2, -0.15) is 0 Å². The van der Waals surface area contributed by atoms with E-state index in [4.69, 9.17) is 9.47 Å². The molecule has 7 heteroatoms. The second-order valence-electron chi connectivity index (χ2n) is 5.48. The number of hydrogen-bond acceptors (Lipinski definition) is 4. The highest BCUT2D eigenvalue weighted by molar-refractivity contribution is 9.11. The molecule has 3 rings (SSSR count). The molecule has 0 atom stereocenters. The number of rotatable bonds is 5. The summed E-state index contributed by atoms with van der Waals surface area (Å²) in [6, 6.07) is 9.64. The van der Waals surface area contributed by atoms with E-state index in [-0.39, 0.29) is 17.2 Å². The first-order valence-corrected chi connectivity index (χ1v) is 9.47. The maximum absolute atomic E-state index is 13.9. The van der Waals surface area contributed by atoms with Crippen molar-refractivity contribution in [3.05, 3.63) is 68.0 Å². The molecule has 1 aliphatic heterocycles. The lowest BCUT2D eigenvalue weighted by atomic mass is 10.2. The van der Waals surface area contributed by atoms with Gasteiger partial charge < -0.3 is 9.47 Å². The van der Waals surface area contributed by atoms with Gasteiger partial charge in [0, 0.05) is 0 Å². The van der Waals surface area contributed by atoms with Crippen molar-refractivity contribution in [3.63, 3.8) is 0 Å². The van der Waals surface area contributed by atoms with Crippen molar-refractivity contribution < 1.29 is 18.7 Å². The third-order valence-corrected chi connectivity index (χ3v) is 4.68. The molecule has 2 aromatic carbocycles. The van der Waals surface area contributed by atoms with Gasteiger partial charge in [-0.05, 0) is 74.2 Å². The molecule has 0 amide bonds. The molecular weight excluding hydrogens is 469 g/mol. The van der Waals surface area contributed by atoms with E-state index in [0.29, 0.717) is 12.4 Å². The largest absolute Gasteiger partial charge is 0.491 e. The molecule has 0 aromatic heterocycles. The van der Waals surface area contributed by atoms with Gasteiger partial charge in [0.05, 0.1) is 21.1 Å². The Morgan fingerprint density at radius 3 is 2.58 bits per heavy atom. The van der Waals surface area contributed by atoms with Gasteiger partial charge >= 0.3 is 5.97 Å². The summed E-state index contributed by atoms with van der Waals surface area (Å²) in [4.78, 5) is 16.2. The lowest BCUT2D eigenvalue weighted by molar-refractivity contribution is -0.129. The minimum atomic E-state index is -0.623. The van der Waals surface area contributed by atoms with Crippen LogP contribution in [-0.2, 0) is 9.53 Å². The number of halogens is 3. The molecule has 0 fully saturated rings. The quantitative estimate of drug-likeness (QED) is 0.418. The molecule has 0 N–H and O–H groups in total. The van der Waals surface area contributed by atoms with Gasteiger partial charge in [0.2, 0.25) is 5.90 Å². The van der Waals surface area contributed by atoms with Crippen LogP contribution in [0.2, 0.25) is 0 Å². The highest BCUT2D eigenvalue weighted by atomic mass is 79.9. The van der Waals surface area contributed by atoms with Gasteiger partial charge in [-0.25, -0.2) is 14.2 Å². The monoisotopic (exact) mass is 481 g/mol. The van der Waals surface area contributed by atoms with Crippen LogP contribution < -0.4 is 4.74 Å². The summed E-state index contributed by atoms with van der Waals surface area (Å²) < 4.78 is 26.1. The minimum Gasteiger partial charge on any atom is -0.491 e. The molecule has 0 spiro atoms. The molecule has 2 aromatic rings. The van der Waals surface area contributed by atoms with E-state index in [1.165, 1.54) is 12.1 Å². The molecule has 0 bridgehead atoms. The van der Waals surface area contributed by atoms with E-state index in [1.54, 1.807) is 18.2 Å². The Morgan fingerprint density at radius 1 is 1.23 bits per heavy atom. The minimum absolute atomic E-state index is 0.0413. The molecule has 0 aliphatic carbocycles. The Bertz CT molecular complexity index is 902. The Hall–Kier alpha value is -1.99. The highest BCUT2D eigenvalue weighted by Crippen LogP contribution is 2.36. The van der Waals surface area contributed by atoms with E-state index in [0.717, 1.165) is 20.9 Å². The summed E-state index contributed by atoms with van der Waals surface area (Å²) >= 11 is 6.93. The summed E-state index contributed by atoms with van der Waals surface area (Å²) in [5.41, 5.74) is 0.970. The predicted octanol–water partition coefficient (Wildman–Crippen LogP) is 5.48. The number of cyclic esters (lactones) is 1. The zero-order chi connectivity index (χ0) is 18.7. The first kappa shape index (κ1) is 18.8. The van der Waals surface area contributed by atoms with Gasteiger partial charge in [-0.3, -0.25) is 0 Å². The molecule has 0 saturated carbocycles. The maximum Gasteiger partial charge on any atom is 0.363 e. The molecule has 0 radical (unpaired) electrons. The summed E-state index contributed by atoms with van der Waals surface area (Å²) in [5.74, 6) is -0.469. The van der Waals surface area contributed by atoms with Crippen molar-refractivity contribution in [2.45, 2.75) is 13.3 Å². The Morgan fingerprint density at radius 2 is 1.92 bits per heavy atom. The number of carbonyl (C=O) groups is 1. The third-order valence-electron chi connectivity index (χ3n) is 3.50. The van der Waals surface area contributed by atoms with Gasteiger partial charge in [0.1, 0.15) is 11.6 Å². The molecule has 26 heavy (non-hydrogen) atoms. The van der Waals surface area contributed by atoms with Crippen LogP contribution in [0.15, 0.2) is 56.0 Å². The van der Waals surface area contributed by atoms with E-state index in [9.17, 15) is 9.18 Å². The van der Waals surface area contributed by atoms with Crippen LogP contribution in [0.25, 0.3) is 6.08 Å². The number of benzene rings is 2. The van der Waals surface area contributed by atoms with E-state index >= 15 is 0 Å². The molecular formula is C19H14Br2FNO3. The van der Waals surface area contributed by atoms with Crippen LogP contribution >= 0.6 is 31.9 Å². The maximum atomic E-state index is 13.9. The summed E-state index contributed by atoms with van der Waals surface area (Å²) in [6.45, 7) is 2.62. The summed E-state index contributed by atoms with van der Waals surface area (Å²) in [5, 5.41) is 0. The van der Waals surface area contributed by atoms with Gasteiger partial charge in [0.25, 0.3) is 0 Å². The number of hydrogen-bond donors (Lipinski definition) is 0. The average Bonchev–Trinajstić information content (AvgIpc) is 2.95. The molecule has 1 aliphatic rings. The van der Waals surface area contributed by atoms with Crippen LogP contribution in [0.4, 0.5) is 4.39 Å². The van der Waals surface area contributed by atoms with E-state index in [2.05, 4.69) is 36.9 Å². The normalized spacial score (nSPS) is 15.2. The second-order valence-corrected chi connectivity index (χ2v) is 7.19. The lowest BCUT2D eigenvalue weighted by Crippen LogP contribution is -2.07. The van der Waals surface area contributed by atoms with Crippen molar-refractivity contribution in [1.29, 1.82) is 0 Å². The predicted molar refractivity (Wildman–Crippen MR) is 105 cm³/mol. The zero-order valence-corrected chi connectivity index (χ0v) is 16.9. The Balaban J connectivity index is 1.92. The van der Waals surface area contributed by atoms with Gasteiger partial charge in [-0.15, -0.1) is 0 Å². The average molecular weight is 483 g/mol. The van der Waals surface area contributed by atoms with Crippen LogP contribution in [0, 0.1) is 5.82 Å². The fourth-order valence-electron chi connectivity index (χ4n) is 2.32.